The number of quaternary nitrogens is 1. The molecule has 1 fully saturated rings. The summed E-state index contributed by atoms with van der Waals surface area (Å²) >= 11 is 7.09. The van der Waals surface area contributed by atoms with E-state index in [0.29, 0.717) is 4.77 Å². The summed E-state index contributed by atoms with van der Waals surface area (Å²) in [5, 5.41) is 5.43. The van der Waals surface area contributed by atoms with E-state index in [-0.39, 0.29) is 0 Å². The third-order valence-corrected chi connectivity index (χ3v) is 5.35. The Kier molecular flexibility index (Phi) is 4.33. The number of nitrogens with zero attached hydrogens (tertiary/aromatic N) is 2. The van der Waals surface area contributed by atoms with E-state index >= 15 is 0 Å². The molecule has 6 heteroatoms. The normalized spacial score (nSPS) is 23.1. The smallest absolute Gasteiger partial charge is 0.221 e. The monoisotopic (exact) mass is 309 g/mol. The maximum atomic E-state index is 5.40. The van der Waals surface area contributed by atoms with Crippen LogP contribution in [0.4, 0.5) is 0 Å². The van der Waals surface area contributed by atoms with Crippen LogP contribution in [0.2, 0.25) is 0 Å². The lowest BCUT2D eigenvalue weighted by atomic mass is 10.0. The molecule has 1 saturated heterocycles. The van der Waals surface area contributed by atoms with Gasteiger partial charge in [-0.2, -0.15) is 4.98 Å². The van der Waals surface area contributed by atoms with Gasteiger partial charge in [-0.15, -0.1) is 11.3 Å². The molecule has 0 spiro atoms. The van der Waals surface area contributed by atoms with Crippen molar-refractivity contribution in [3.63, 3.8) is 0 Å². The van der Waals surface area contributed by atoms with E-state index in [0.717, 1.165) is 23.4 Å². The van der Waals surface area contributed by atoms with Crippen molar-refractivity contribution in [2.45, 2.75) is 45.3 Å². The van der Waals surface area contributed by atoms with Gasteiger partial charge in [0.2, 0.25) is 4.77 Å². The second-order valence-corrected chi connectivity index (χ2v) is 6.74. The van der Waals surface area contributed by atoms with Crippen LogP contribution in [0.25, 0.3) is 10.7 Å². The highest BCUT2D eigenvalue weighted by Crippen LogP contribution is 2.20. The Morgan fingerprint density at radius 2 is 2.45 bits per heavy atom. The summed E-state index contributed by atoms with van der Waals surface area (Å²) in [6, 6.07) is 4.88. The van der Waals surface area contributed by atoms with Gasteiger partial charge in [-0.3, -0.25) is 5.10 Å². The lowest BCUT2D eigenvalue weighted by molar-refractivity contribution is -0.953. The predicted molar refractivity (Wildman–Crippen MR) is 84.5 cm³/mol. The van der Waals surface area contributed by atoms with Gasteiger partial charge in [-0.25, -0.2) is 4.68 Å². The molecule has 3 heterocycles. The van der Waals surface area contributed by atoms with E-state index in [1.807, 2.05) is 10.7 Å². The van der Waals surface area contributed by atoms with Crippen molar-refractivity contribution in [3.8, 4) is 10.7 Å². The predicted octanol–water partition coefficient (Wildman–Crippen LogP) is 2.47. The first-order chi connectivity index (χ1) is 9.78. The number of aromatic nitrogens is 3. The van der Waals surface area contributed by atoms with Gasteiger partial charge in [-0.1, -0.05) is 13.0 Å². The largest absolute Gasteiger partial charge is 0.314 e. The fourth-order valence-electron chi connectivity index (χ4n) is 3.04. The molecule has 0 aromatic carbocycles. The van der Waals surface area contributed by atoms with Gasteiger partial charge in [0.25, 0.3) is 0 Å². The zero-order valence-corrected chi connectivity index (χ0v) is 13.4. The first-order valence-corrected chi connectivity index (χ1v) is 8.62. The maximum absolute atomic E-state index is 5.40. The number of hydrogen-bond acceptors (Lipinski definition) is 3. The van der Waals surface area contributed by atoms with Crippen molar-refractivity contribution in [2.75, 3.05) is 6.54 Å². The van der Waals surface area contributed by atoms with E-state index in [2.05, 4.69) is 28.5 Å². The molecule has 3 rings (SSSR count). The van der Waals surface area contributed by atoms with Gasteiger partial charge in [-0.05, 0) is 49.3 Å². The third kappa shape index (κ3) is 2.87. The van der Waals surface area contributed by atoms with Crippen LogP contribution in [-0.2, 0) is 6.67 Å². The maximum Gasteiger partial charge on any atom is 0.221 e. The van der Waals surface area contributed by atoms with Crippen LogP contribution in [0, 0.1) is 4.77 Å². The lowest BCUT2D eigenvalue weighted by Gasteiger charge is -2.31. The number of hydrogen-bond donors (Lipinski definition) is 2. The molecule has 108 valence electrons. The van der Waals surface area contributed by atoms with Crippen LogP contribution >= 0.6 is 23.6 Å². The summed E-state index contributed by atoms with van der Waals surface area (Å²) in [4.78, 5) is 7.27. The SMILES string of the molecule is CC[C@@H]1CCCC[NH+]1Cn1[nH]c(-c2cccs2)nc1=S. The summed E-state index contributed by atoms with van der Waals surface area (Å²) in [7, 11) is 0. The molecule has 2 N–H and O–H groups in total. The van der Waals surface area contributed by atoms with Crippen molar-refractivity contribution in [1.29, 1.82) is 0 Å². The molecule has 1 aliphatic rings. The molecule has 1 unspecified atom stereocenters. The van der Waals surface area contributed by atoms with Crippen LogP contribution in [0.1, 0.15) is 32.6 Å². The molecule has 2 aromatic heterocycles. The summed E-state index contributed by atoms with van der Waals surface area (Å²) < 4.78 is 2.70. The quantitative estimate of drug-likeness (QED) is 0.852. The van der Waals surface area contributed by atoms with Crippen LogP contribution in [0.3, 0.4) is 0 Å². The van der Waals surface area contributed by atoms with Crippen LogP contribution in [0.15, 0.2) is 17.5 Å². The number of likely N-dealkylation sites (tertiary alicyclic amines) is 1. The Bertz CT molecular complexity index is 599. The minimum atomic E-state index is 0.668. The number of piperidine rings is 1. The third-order valence-electron chi connectivity index (χ3n) is 4.17. The second-order valence-electron chi connectivity index (χ2n) is 5.43. The van der Waals surface area contributed by atoms with Gasteiger partial charge >= 0.3 is 0 Å². The highest BCUT2D eigenvalue weighted by atomic mass is 32.1. The molecule has 0 amide bonds. The van der Waals surface area contributed by atoms with E-state index in [4.69, 9.17) is 12.2 Å². The Labute approximate surface area is 128 Å². The van der Waals surface area contributed by atoms with Crippen molar-refractivity contribution < 1.29 is 4.90 Å². The van der Waals surface area contributed by atoms with Crippen LogP contribution < -0.4 is 4.90 Å². The minimum absolute atomic E-state index is 0.668. The van der Waals surface area contributed by atoms with E-state index in [1.165, 1.54) is 32.2 Å². The number of rotatable bonds is 4. The molecule has 1 aliphatic heterocycles. The van der Waals surface area contributed by atoms with Gasteiger partial charge in [0.05, 0.1) is 17.5 Å². The zero-order chi connectivity index (χ0) is 13.9. The summed E-state index contributed by atoms with van der Waals surface area (Å²) in [6.07, 6.45) is 5.28. The summed E-state index contributed by atoms with van der Waals surface area (Å²) in [5.74, 6) is 0.898. The average molecular weight is 309 g/mol. The number of thiophene rings is 1. The Balaban J connectivity index is 1.79. The van der Waals surface area contributed by atoms with Crippen LogP contribution in [-0.4, -0.2) is 27.4 Å². The van der Waals surface area contributed by atoms with Crippen molar-refractivity contribution in [2.24, 2.45) is 0 Å². The molecule has 0 bridgehead atoms. The molecule has 0 saturated carbocycles. The fourth-order valence-corrected chi connectivity index (χ4v) is 3.91. The molecule has 2 aromatic rings. The Morgan fingerprint density at radius 1 is 1.55 bits per heavy atom. The van der Waals surface area contributed by atoms with Gasteiger partial charge in [0.15, 0.2) is 12.5 Å². The molecule has 2 atom stereocenters. The summed E-state index contributed by atoms with van der Waals surface area (Å²) in [5.41, 5.74) is 0. The second kappa shape index (κ2) is 6.20. The van der Waals surface area contributed by atoms with E-state index in [1.54, 1.807) is 16.2 Å². The van der Waals surface area contributed by atoms with E-state index in [9.17, 15) is 0 Å². The number of aromatic amines is 1. The number of H-pyrrole nitrogens is 1. The first-order valence-electron chi connectivity index (χ1n) is 7.33. The molecule has 20 heavy (non-hydrogen) atoms. The minimum Gasteiger partial charge on any atom is -0.314 e. The van der Waals surface area contributed by atoms with Gasteiger partial charge < -0.3 is 4.90 Å². The van der Waals surface area contributed by atoms with Crippen LogP contribution in [0.5, 0.6) is 0 Å². The first kappa shape index (κ1) is 14.0. The van der Waals surface area contributed by atoms with Gasteiger partial charge in [0.1, 0.15) is 0 Å². The van der Waals surface area contributed by atoms with E-state index < -0.39 is 0 Å². The van der Waals surface area contributed by atoms with Crippen molar-refractivity contribution >= 4 is 23.6 Å². The fraction of sp³-hybridized carbons (Fsp3) is 0.571. The zero-order valence-electron chi connectivity index (χ0n) is 11.8. The van der Waals surface area contributed by atoms with Crippen molar-refractivity contribution in [1.82, 2.24) is 14.8 Å². The molecular formula is C14H21N4S2+. The number of nitrogens with one attached hydrogen (secondary N) is 2. The highest BCUT2D eigenvalue weighted by Gasteiger charge is 2.25. The average Bonchev–Trinajstić information content (AvgIpc) is 3.10. The Hall–Kier alpha value is -0.980. The topological polar surface area (TPSA) is 38.0 Å². The summed E-state index contributed by atoms with van der Waals surface area (Å²) in [6.45, 7) is 4.45. The van der Waals surface area contributed by atoms with Gasteiger partial charge in [0, 0.05) is 0 Å². The Morgan fingerprint density at radius 3 is 3.20 bits per heavy atom. The molecule has 0 radical (unpaired) electrons. The van der Waals surface area contributed by atoms with Crippen molar-refractivity contribution in [3.05, 3.63) is 22.3 Å². The highest BCUT2D eigenvalue weighted by molar-refractivity contribution is 7.71. The lowest BCUT2D eigenvalue weighted by Crippen LogP contribution is -3.15. The molecular weight excluding hydrogens is 288 g/mol. The molecule has 4 nitrogen and oxygen atoms in total. The standard InChI is InChI=1S/C14H20N4S2/c1-2-11-6-3-4-8-17(11)10-18-14(19)15-13(16-18)12-7-5-9-20-12/h5,7,9,11H,2-4,6,8,10H2,1H3,(H,15,16,19)/p+1/t11-/m1/s1. The molecule has 0 aliphatic carbocycles.